The summed E-state index contributed by atoms with van der Waals surface area (Å²) in [4.78, 5) is 38.5. The first-order valence-corrected chi connectivity index (χ1v) is 26.7. The van der Waals surface area contributed by atoms with Crippen molar-refractivity contribution in [3.8, 4) is 34.4 Å². The average molecular weight is 953 g/mol. The maximum Gasteiger partial charge on any atom is 0.264 e. The van der Waals surface area contributed by atoms with Crippen LogP contribution in [0.2, 0.25) is 0 Å². The van der Waals surface area contributed by atoms with Crippen LogP contribution in [0.15, 0.2) is 77.6 Å². The van der Waals surface area contributed by atoms with E-state index >= 15 is 0 Å². The van der Waals surface area contributed by atoms with Crippen molar-refractivity contribution in [2.75, 3.05) is 26.4 Å². The van der Waals surface area contributed by atoms with Gasteiger partial charge in [-0.05, 0) is 76.2 Å². The van der Waals surface area contributed by atoms with E-state index in [1.807, 2.05) is 37.4 Å². The number of unbranched alkanes of at least 4 members (excludes halogenated alkanes) is 12. The topological polar surface area (TPSA) is 106 Å². The number of benzene rings is 7. The van der Waals surface area contributed by atoms with Crippen LogP contribution in [0.1, 0.15) is 141 Å². The lowest BCUT2D eigenvalue weighted by molar-refractivity contribution is 0.112. The van der Waals surface area contributed by atoms with Crippen molar-refractivity contribution in [1.82, 2.24) is 18.9 Å². The van der Waals surface area contributed by atoms with E-state index in [1.165, 1.54) is 38.5 Å². The van der Waals surface area contributed by atoms with Crippen LogP contribution in [0, 0.1) is 0 Å². The fourth-order valence-electron chi connectivity index (χ4n) is 10.9. The Balaban J connectivity index is 1.10. The number of carbonyl (C=O) groups is 1. The van der Waals surface area contributed by atoms with E-state index in [2.05, 4.69) is 74.7 Å². The van der Waals surface area contributed by atoms with E-state index in [9.17, 15) is 9.59 Å². The van der Waals surface area contributed by atoms with Gasteiger partial charge >= 0.3 is 0 Å². The second-order valence-corrected chi connectivity index (χ2v) is 19.6. The maximum absolute atomic E-state index is 14.9. The molecule has 10 aromatic rings. The lowest BCUT2D eigenvalue weighted by atomic mass is 9.85. The van der Waals surface area contributed by atoms with Gasteiger partial charge in [0.15, 0.2) is 29.3 Å². The third kappa shape index (κ3) is 8.93. The summed E-state index contributed by atoms with van der Waals surface area (Å²) in [5, 5.41) is 9.27. The molecule has 0 saturated carbocycles. The van der Waals surface area contributed by atoms with Gasteiger partial charge in [0, 0.05) is 64.0 Å². The third-order valence-corrected chi connectivity index (χ3v) is 14.7. The number of aromatic nitrogens is 4. The zero-order valence-electron chi connectivity index (χ0n) is 42.4. The van der Waals surface area contributed by atoms with Crippen molar-refractivity contribution in [2.24, 2.45) is 7.05 Å². The van der Waals surface area contributed by atoms with E-state index in [-0.39, 0.29) is 5.56 Å². The van der Waals surface area contributed by atoms with Crippen LogP contribution in [0.25, 0.3) is 93.0 Å². The monoisotopic (exact) mass is 953 g/mol. The summed E-state index contributed by atoms with van der Waals surface area (Å²) in [7, 11) is 2.03. The van der Waals surface area contributed by atoms with E-state index in [4.69, 9.17) is 28.9 Å². The van der Waals surface area contributed by atoms with Crippen LogP contribution in [0.4, 0.5) is 0 Å². The Hall–Kier alpha value is -6.68. The van der Waals surface area contributed by atoms with Crippen molar-refractivity contribution in [1.29, 1.82) is 0 Å². The normalized spacial score (nSPS) is 12.1. The molecule has 71 heavy (non-hydrogen) atoms. The number of aldehydes is 1. The first-order chi connectivity index (χ1) is 34.9. The SMILES string of the molecule is CCCCCCOc1cc2nc(-c3ccc4c5ccc6c7c(ccc(c8ccc(C=O)c3c84)c57)c(=O)n3c4cc(OCCCCCC)c(OCCCCCC)cc4nc63)n(C)c2cc1OCCCCCC. The molecule has 0 atom stereocenters. The predicted octanol–water partition coefficient (Wildman–Crippen LogP) is 15.7. The molecule has 0 aliphatic carbocycles. The summed E-state index contributed by atoms with van der Waals surface area (Å²) < 4.78 is 29.5. The fraction of sp³-hybridized carbons (Fsp3) is 0.410. The second kappa shape index (κ2) is 21.4. The summed E-state index contributed by atoms with van der Waals surface area (Å²) in [5.41, 5.74) is 5.05. The van der Waals surface area contributed by atoms with Gasteiger partial charge in [-0.3, -0.25) is 14.0 Å². The molecule has 3 aromatic heterocycles. The summed E-state index contributed by atoms with van der Waals surface area (Å²) in [6, 6.07) is 24.5. The van der Waals surface area contributed by atoms with Crippen molar-refractivity contribution in [2.45, 2.75) is 130 Å². The molecule has 368 valence electrons. The smallest absolute Gasteiger partial charge is 0.264 e. The number of hydrogen-bond donors (Lipinski definition) is 0. The van der Waals surface area contributed by atoms with E-state index in [0.717, 1.165) is 147 Å². The Morgan fingerprint density at radius 3 is 1.41 bits per heavy atom. The van der Waals surface area contributed by atoms with Crippen molar-refractivity contribution < 1.29 is 23.7 Å². The molecule has 0 unspecified atom stereocenters. The van der Waals surface area contributed by atoms with E-state index in [1.54, 1.807) is 4.40 Å². The van der Waals surface area contributed by atoms with Crippen LogP contribution < -0.4 is 24.5 Å². The first-order valence-electron chi connectivity index (χ1n) is 26.7. The number of carbonyl (C=O) groups excluding carboxylic acids is 1. The highest BCUT2D eigenvalue weighted by molar-refractivity contribution is 6.39. The quantitative estimate of drug-likeness (QED) is 0.0229. The Labute approximate surface area is 415 Å². The molecule has 10 nitrogen and oxygen atoms in total. The standard InChI is InChI=1S/C61H68N4O6/c1-6-10-14-18-30-68-51-34-47-49(36-53(51)70-32-20-16-12-8-3)64(5)59(62-47)44-27-24-41-42-25-28-45-58-46(29-26-43(57(42)58)40-23-22-39(38-66)55(44)56(40)41)61(67)65-50-37-54(71-33-21-17-13-9-4)52(35-48(50)63-60(45)65)69-31-19-15-11-7-2/h22-29,34-38H,6-21,30-33H2,1-5H3. The first kappa shape index (κ1) is 48.0. The summed E-state index contributed by atoms with van der Waals surface area (Å²) >= 11 is 0. The molecule has 0 aliphatic heterocycles. The molecule has 0 aliphatic rings. The summed E-state index contributed by atoms with van der Waals surface area (Å²) in [6.45, 7) is 11.3. The number of nitrogens with zero attached hydrogens (tertiary/aromatic N) is 4. The van der Waals surface area contributed by atoms with Crippen LogP contribution in [-0.4, -0.2) is 51.6 Å². The lowest BCUT2D eigenvalue weighted by Gasteiger charge is -2.19. The van der Waals surface area contributed by atoms with Crippen LogP contribution in [0.5, 0.6) is 23.0 Å². The molecule has 0 fully saturated rings. The minimum Gasteiger partial charge on any atom is -0.490 e. The number of imidazole rings is 2. The fourth-order valence-corrected chi connectivity index (χ4v) is 10.9. The Morgan fingerprint density at radius 2 is 0.887 bits per heavy atom. The van der Waals surface area contributed by atoms with Gasteiger partial charge in [0.05, 0.1) is 48.5 Å². The van der Waals surface area contributed by atoms with Gasteiger partial charge in [0.2, 0.25) is 0 Å². The summed E-state index contributed by atoms with van der Waals surface area (Å²) in [5.74, 6) is 3.50. The Morgan fingerprint density at radius 1 is 0.465 bits per heavy atom. The predicted molar refractivity (Wildman–Crippen MR) is 293 cm³/mol. The maximum atomic E-state index is 14.9. The van der Waals surface area contributed by atoms with Gasteiger partial charge < -0.3 is 23.5 Å². The molecule has 3 heterocycles. The van der Waals surface area contributed by atoms with Gasteiger partial charge in [0.25, 0.3) is 5.56 Å². The van der Waals surface area contributed by atoms with Gasteiger partial charge in [0.1, 0.15) is 11.5 Å². The number of fused-ring (bicyclic) bond motifs is 7. The average Bonchev–Trinajstić information content (AvgIpc) is 3.92. The molecule has 10 heteroatoms. The number of pyridine rings is 1. The molecule has 0 radical (unpaired) electrons. The molecule has 0 amide bonds. The largest absolute Gasteiger partial charge is 0.490 e. The molecule has 7 aromatic carbocycles. The van der Waals surface area contributed by atoms with Crippen LogP contribution in [0.3, 0.4) is 0 Å². The highest BCUT2D eigenvalue weighted by Gasteiger charge is 2.25. The number of aryl methyl sites for hydroxylation is 1. The van der Waals surface area contributed by atoms with Crippen molar-refractivity contribution in [3.05, 3.63) is 88.7 Å². The van der Waals surface area contributed by atoms with Crippen LogP contribution >= 0.6 is 0 Å². The minimum absolute atomic E-state index is 0.125. The molecular weight excluding hydrogens is 885 g/mol. The Bertz CT molecular complexity index is 3550. The molecule has 0 N–H and O–H groups in total. The lowest BCUT2D eigenvalue weighted by Crippen LogP contribution is -2.13. The van der Waals surface area contributed by atoms with E-state index < -0.39 is 0 Å². The van der Waals surface area contributed by atoms with Gasteiger partial charge in [-0.15, -0.1) is 0 Å². The Kier molecular flexibility index (Phi) is 14.4. The zero-order chi connectivity index (χ0) is 49.0. The summed E-state index contributed by atoms with van der Waals surface area (Å²) in [6.07, 6.45) is 18.6. The molecule has 0 bridgehead atoms. The third-order valence-electron chi connectivity index (χ3n) is 14.7. The van der Waals surface area contributed by atoms with Gasteiger partial charge in [-0.2, -0.15) is 0 Å². The number of hydrogen-bond acceptors (Lipinski definition) is 8. The van der Waals surface area contributed by atoms with Gasteiger partial charge in [-0.1, -0.05) is 135 Å². The zero-order valence-corrected chi connectivity index (χ0v) is 42.4. The molecule has 10 rings (SSSR count). The van der Waals surface area contributed by atoms with Crippen molar-refractivity contribution >= 4 is 87.9 Å². The van der Waals surface area contributed by atoms with Gasteiger partial charge in [-0.25, -0.2) is 9.97 Å². The molecular formula is C61H68N4O6. The van der Waals surface area contributed by atoms with Crippen LogP contribution in [-0.2, 0) is 7.05 Å². The number of ether oxygens (including phenoxy) is 4. The second-order valence-electron chi connectivity index (χ2n) is 19.6. The molecule has 0 spiro atoms. The highest BCUT2D eigenvalue weighted by Crippen LogP contribution is 2.47. The van der Waals surface area contributed by atoms with Crippen molar-refractivity contribution in [3.63, 3.8) is 0 Å². The van der Waals surface area contributed by atoms with E-state index in [0.29, 0.717) is 71.3 Å². The molecule has 0 saturated heterocycles. The highest BCUT2D eigenvalue weighted by atomic mass is 16.5. The number of rotatable bonds is 26. The minimum atomic E-state index is -0.125.